The molecule has 1 aromatic heterocycles. The molecule has 1 aliphatic rings. The highest BCUT2D eigenvalue weighted by molar-refractivity contribution is 6.43. The highest BCUT2D eigenvalue weighted by Crippen LogP contribution is 2.54. The van der Waals surface area contributed by atoms with Crippen LogP contribution in [0.5, 0.6) is 0 Å². The lowest BCUT2D eigenvalue weighted by Crippen LogP contribution is -1.95. The van der Waals surface area contributed by atoms with E-state index in [-0.39, 0.29) is 0 Å². The number of hydrogen-bond donors (Lipinski definition) is 0. The van der Waals surface area contributed by atoms with E-state index in [1.807, 2.05) is 12.3 Å². The van der Waals surface area contributed by atoms with Crippen molar-refractivity contribution >= 4 is 81.0 Å². The summed E-state index contributed by atoms with van der Waals surface area (Å²) in [7, 11) is 0. The summed E-state index contributed by atoms with van der Waals surface area (Å²) >= 11 is 0. The van der Waals surface area contributed by atoms with Gasteiger partial charge in [0.05, 0.1) is 5.69 Å². The molecule has 9 aromatic carbocycles. The molecule has 0 spiro atoms. The van der Waals surface area contributed by atoms with E-state index < -0.39 is 0 Å². The van der Waals surface area contributed by atoms with Gasteiger partial charge in [0.1, 0.15) is 0 Å². The molecule has 10 aromatic rings. The Balaban J connectivity index is 1.50. The third kappa shape index (κ3) is 3.67. The zero-order valence-electron chi connectivity index (χ0n) is 26.7. The minimum absolute atomic E-state index is 0.860. The maximum atomic E-state index is 5.08. The Kier molecular flexibility index (Phi) is 5.51. The molecule has 0 amide bonds. The van der Waals surface area contributed by atoms with E-state index in [9.17, 15) is 0 Å². The third-order valence-corrected chi connectivity index (χ3v) is 10.8. The second-order valence-corrected chi connectivity index (χ2v) is 13.3. The van der Waals surface area contributed by atoms with Crippen LogP contribution < -0.4 is 0 Å². The highest BCUT2D eigenvalue weighted by atomic mass is 14.7. The van der Waals surface area contributed by atoms with Gasteiger partial charge in [0.15, 0.2) is 0 Å². The lowest BCUT2D eigenvalue weighted by Gasteiger charge is -2.20. The van der Waals surface area contributed by atoms with E-state index in [0.29, 0.717) is 0 Å². The van der Waals surface area contributed by atoms with E-state index in [1.54, 1.807) is 0 Å². The molecule has 0 N–H and O–H groups in total. The number of benzene rings is 7. The van der Waals surface area contributed by atoms with Gasteiger partial charge < -0.3 is 0 Å². The summed E-state index contributed by atoms with van der Waals surface area (Å²) < 4.78 is 0. The molecule has 11 rings (SSSR count). The monoisotopic (exact) mass is 619 g/mol. The Morgan fingerprint density at radius 3 is 1.88 bits per heavy atom. The van der Waals surface area contributed by atoms with Crippen LogP contribution in [-0.4, -0.2) is 4.98 Å². The van der Waals surface area contributed by atoms with Gasteiger partial charge in [-0.1, -0.05) is 127 Å². The normalized spacial score (nSPS) is 13.6. The minimum Gasteiger partial charge on any atom is -0.256 e. The smallest absolute Gasteiger partial charge is 0.0714 e. The third-order valence-electron chi connectivity index (χ3n) is 10.8. The Labute approximate surface area is 283 Å². The summed E-state index contributed by atoms with van der Waals surface area (Å²) in [6.07, 6.45) is 14.0. The van der Waals surface area contributed by atoms with Crippen LogP contribution in [0.4, 0.5) is 0 Å². The highest BCUT2D eigenvalue weighted by Gasteiger charge is 2.27. The predicted molar refractivity (Wildman–Crippen MR) is 211 cm³/mol. The second kappa shape index (κ2) is 10.1. The number of hydrogen-bond acceptors (Lipinski definition) is 1. The Morgan fingerprint density at radius 1 is 0.408 bits per heavy atom. The largest absolute Gasteiger partial charge is 0.256 e. The van der Waals surface area contributed by atoms with Crippen LogP contribution in [0.25, 0.3) is 103 Å². The Hall–Kier alpha value is -6.31. The maximum absolute atomic E-state index is 5.08. The van der Waals surface area contributed by atoms with Crippen molar-refractivity contribution in [3.05, 3.63) is 170 Å². The number of aromatic nitrogens is 1. The van der Waals surface area contributed by atoms with Gasteiger partial charge in [-0.25, -0.2) is 0 Å². The van der Waals surface area contributed by atoms with E-state index in [1.165, 1.54) is 103 Å². The summed E-state index contributed by atoms with van der Waals surface area (Å²) in [4.78, 5) is 5.08. The predicted octanol–water partition coefficient (Wildman–Crippen LogP) is 13.3. The van der Waals surface area contributed by atoms with Gasteiger partial charge in [0.25, 0.3) is 0 Å². The van der Waals surface area contributed by atoms with Crippen molar-refractivity contribution < 1.29 is 0 Å². The van der Waals surface area contributed by atoms with Gasteiger partial charge in [0, 0.05) is 17.1 Å². The number of pyridine rings is 1. The summed E-state index contributed by atoms with van der Waals surface area (Å²) in [6, 6.07) is 47.1. The number of fused-ring (bicyclic) bond motifs is 8. The SMILES string of the molecule is C1=CC=C(c2c3c(cc4c5ccccc5c5cc(-c6ccccc6)cc3c54)c(-c3ccccn3)c3c4cccc5cccc(c23)c54)CC=C1. The summed E-state index contributed by atoms with van der Waals surface area (Å²) in [6.45, 7) is 0. The molecular formula is C48H29N. The molecule has 0 aliphatic heterocycles. The van der Waals surface area contributed by atoms with E-state index >= 15 is 0 Å². The molecule has 1 heterocycles. The van der Waals surface area contributed by atoms with Crippen molar-refractivity contribution in [3.63, 3.8) is 0 Å². The van der Waals surface area contributed by atoms with Crippen molar-refractivity contribution in [1.29, 1.82) is 0 Å². The fourth-order valence-electron chi connectivity index (χ4n) is 8.87. The number of allylic oxidation sites excluding steroid dienone is 6. The van der Waals surface area contributed by atoms with Crippen LogP contribution in [0.2, 0.25) is 0 Å². The molecule has 49 heavy (non-hydrogen) atoms. The first kappa shape index (κ1) is 26.7. The molecule has 1 heteroatoms. The maximum Gasteiger partial charge on any atom is 0.0714 e. The quantitative estimate of drug-likeness (QED) is 0.179. The lowest BCUT2D eigenvalue weighted by atomic mass is 9.83. The molecule has 1 aliphatic carbocycles. The molecule has 1 nitrogen and oxygen atoms in total. The van der Waals surface area contributed by atoms with E-state index in [0.717, 1.165) is 12.1 Å². The van der Waals surface area contributed by atoms with Gasteiger partial charge in [-0.05, 0) is 129 Å². The first-order valence-electron chi connectivity index (χ1n) is 17.1. The van der Waals surface area contributed by atoms with Crippen LogP contribution in [0, 0.1) is 0 Å². The topological polar surface area (TPSA) is 12.9 Å². The molecule has 0 bridgehead atoms. The van der Waals surface area contributed by atoms with Crippen molar-refractivity contribution in [2.24, 2.45) is 0 Å². The Morgan fingerprint density at radius 2 is 1.10 bits per heavy atom. The van der Waals surface area contributed by atoms with E-state index in [4.69, 9.17) is 4.98 Å². The molecular weight excluding hydrogens is 591 g/mol. The van der Waals surface area contributed by atoms with Crippen molar-refractivity contribution in [3.8, 4) is 22.4 Å². The molecule has 0 unspecified atom stereocenters. The fraction of sp³-hybridized carbons (Fsp3) is 0.0208. The van der Waals surface area contributed by atoms with Gasteiger partial charge in [0.2, 0.25) is 0 Å². The van der Waals surface area contributed by atoms with Crippen LogP contribution in [0.15, 0.2) is 164 Å². The standard InChI is InChI=1S/C48H29N/c1-2-5-17-31(16-4-1)43-45-39-27-32(29-14-6-3-7-15-29)26-37-33-20-8-9-21-34(33)38(44(37)39)28-40(45)46(41-24-10-11-25-49-41)48-36-23-13-19-30-18-12-22-35(42(30)36)47(43)48/h1-16,18-28H,17H2. The average Bonchev–Trinajstić information content (AvgIpc) is 3.50. The lowest BCUT2D eigenvalue weighted by molar-refractivity contribution is 1.34. The zero-order chi connectivity index (χ0) is 32.1. The van der Waals surface area contributed by atoms with Crippen molar-refractivity contribution in [2.45, 2.75) is 6.42 Å². The first-order valence-corrected chi connectivity index (χ1v) is 17.1. The average molecular weight is 620 g/mol. The molecule has 0 saturated carbocycles. The van der Waals surface area contributed by atoms with Gasteiger partial charge in [-0.2, -0.15) is 0 Å². The van der Waals surface area contributed by atoms with Crippen LogP contribution in [0.1, 0.15) is 12.0 Å². The fourth-order valence-corrected chi connectivity index (χ4v) is 8.87. The molecule has 0 fully saturated rings. The van der Waals surface area contributed by atoms with Crippen LogP contribution >= 0.6 is 0 Å². The van der Waals surface area contributed by atoms with E-state index in [2.05, 4.69) is 152 Å². The molecule has 0 saturated heterocycles. The second-order valence-electron chi connectivity index (χ2n) is 13.3. The van der Waals surface area contributed by atoms with Crippen molar-refractivity contribution in [2.75, 3.05) is 0 Å². The number of rotatable bonds is 3. The summed E-state index contributed by atoms with van der Waals surface area (Å²) in [5.41, 5.74) is 7.36. The van der Waals surface area contributed by atoms with Gasteiger partial charge >= 0.3 is 0 Å². The summed E-state index contributed by atoms with van der Waals surface area (Å²) in [5, 5.41) is 18.3. The van der Waals surface area contributed by atoms with Crippen LogP contribution in [-0.2, 0) is 0 Å². The molecule has 0 radical (unpaired) electrons. The number of nitrogens with zero attached hydrogens (tertiary/aromatic N) is 1. The molecule has 0 atom stereocenters. The zero-order valence-corrected chi connectivity index (χ0v) is 26.7. The van der Waals surface area contributed by atoms with Gasteiger partial charge in [-0.3, -0.25) is 4.98 Å². The van der Waals surface area contributed by atoms with Crippen molar-refractivity contribution in [1.82, 2.24) is 4.98 Å². The van der Waals surface area contributed by atoms with Crippen LogP contribution in [0.3, 0.4) is 0 Å². The van der Waals surface area contributed by atoms with Gasteiger partial charge in [-0.15, -0.1) is 0 Å². The Bertz CT molecular complexity index is 3030. The molecule has 226 valence electrons. The first-order chi connectivity index (χ1) is 24.3. The summed E-state index contributed by atoms with van der Waals surface area (Å²) in [5.74, 6) is 0. The minimum atomic E-state index is 0.860.